The Kier molecular flexibility index (Phi) is 3.38. The lowest BCUT2D eigenvalue weighted by molar-refractivity contribution is 0.324. The van der Waals surface area contributed by atoms with Crippen molar-refractivity contribution in [3.63, 3.8) is 0 Å². The zero-order chi connectivity index (χ0) is 10.7. The summed E-state index contributed by atoms with van der Waals surface area (Å²) in [5.41, 5.74) is 7.85. The Balaban J connectivity index is 2.18. The molecule has 4 nitrogen and oxygen atoms in total. The first kappa shape index (κ1) is 10.6. The van der Waals surface area contributed by atoms with Gasteiger partial charge in [-0.3, -0.25) is 0 Å². The van der Waals surface area contributed by atoms with Gasteiger partial charge >= 0.3 is 0 Å². The lowest BCUT2D eigenvalue weighted by atomic mass is 9.91. The van der Waals surface area contributed by atoms with Gasteiger partial charge in [0.05, 0.1) is 5.69 Å². The highest BCUT2D eigenvalue weighted by Gasteiger charge is 2.23. The average molecular weight is 209 g/mol. The van der Waals surface area contributed by atoms with Gasteiger partial charge in [0.2, 0.25) is 0 Å². The van der Waals surface area contributed by atoms with Gasteiger partial charge in [-0.15, -0.1) is 0 Å². The van der Waals surface area contributed by atoms with Crippen LogP contribution in [0.1, 0.15) is 35.8 Å². The van der Waals surface area contributed by atoms with Gasteiger partial charge in [0.25, 0.3) is 0 Å². The molecule has 2 heterocycles. The highest BCUT2D eigenvalue weighted by Crippen LogP contribution is 2.29. The maximum absolute atomic E-state index is 5.61. The Bertz CT molecular complexity index is 316. The second-order valence-corrected chi connectivity index (χ2v) is 4.17. The third-order valence-electron chi connectivity index (χ3n) is 3.12. The monoisotopic (exact) mass is 209 g/mol. The Morgan fingerprint density at radius 2 is 2.20 bits per heavy atom. The third kappa shape index (κ3) is 2.21. The van der Waals surface area contributed by atoms with Crippen LogP contribution in [0.2, 0.25) is 0 Å². The Morgan fingerprint density at radius 3 is 2.87 bits per heavy atom. The second kappa shape index (κ2) is 4.77. The van der Waals surface area contributed by atoms with Crippen molar-refractivity contribution in [2.45, 2.75) is 32.1 Å². The van der Waals surface area contributed by atoms with E-state index in [1.807, 2.05) is 6.92 Å². The molecule has 0 unspecified atom stereocenters. The van der Waals surface area contributed by atoms with E-state index in [0.29, 0.717) is 12.5 Å². The quantitative estimate of drug-likeness (QED) is 0.778. The predicted molar refractivity (Wildman–Crippen MR) is 58.8 cm³/mol. The van der Waals surface area contributed by atoms with Gasteiger partial charge in [-0.2, -0.15) is 0 Å². The molecule has 1 fully saturated rings. The Labute approximate surface area is 90.2 Å². The lowest BCUT2D eigenvalue weighted by Crippen LogP contribution is -2.27. The van der Waals surface area contributed by atoms with Crippen LogP contribution in [0.5, 0.6) is 0 Å². The summed E-state index contributed by atoms with van der Waals surface area (Å²) in [7, 11) is 0. The number of nitrogens with one attached hydrogen (secondary N) is 1. The van der Waals surface area contributed by atoms with Gasteiger partial charge in [0, 0.05) is 11.5 Å². The fourth-order valence-corrected chi connectivity index (χ4v) is 2.26. The van der Waals surface area contributed by atoms with E-state index in [2.05, 4.69) is 10.5 Å². The van der Waals surface area contributed by atoms with E-state index in [4.69, 9.17) is 10.3 Å². The molecule has 4 heteroatoms. The van der Waals surface area contributed by atoms with E-state index in [1.54, 1.807) is 0 Å². The van der Waals surface area contributed by atoms with E-state index in [-0.39, 0.29) is 0 Å². The molecular weight excluding hydrogens is 190 g/mol. The maximum Gasteiger partial charge on any atom is 0.143 e. The summed E-state index contributed by atoms with van der Waals surface area (Å²) in [6, 6.07) is 0. The molecule has 0 aromatic carbocycles. The van der Waals surface area contributed by atoms with Crippen LogP contribution in [0.4, 0.5) is 0 Å². The number of hydrogen-bond acceptors (Lipinski definition) is 4. The topological polar surface area (TPSA) is 64.1 Å². The molecule has 2 rings (SSSR count). The molecule has 1 saturated heterocycles. The van der Waals surface area contributed by atoms with Crippen LogP contribution < -0.4 is 11.1 Å². The fraction of sp³-hybridized carbons (Fsp3) is 0.727. The largest absolute Gasteiger partial charge is 0.361 e. The van der Waals surface area contributed by atoms with Crippen LogP contribution in [0.15, 0.2) is 4.52 Å². The number of hydrogen-bond donors (Lipinski definition) is 2. The first-order valence-corrected chi connectivity index (χ1v) is 5.68. The van der Waals surface area contributed by atoms with Crippen molar-refractivity contribution < 1.29 is 4.52 Å². The fourth-order valence-electron chi connectivity index (χ4n) is 2.26. The molecule has 0 bridgehead atoms. The molecule has 0 amide bonds. The second-order valence-electron chi connectivity index (χ2n) is 4.17. The van der Waals surface area contributed by atoms with Crippen molar-refractivity contribution in [2.75, 3.05) is 19.6 Å². The number of aromatic nitrogens is 1. The van der Waals surface area contributed by atoms with E-state index in [1.165, 1.54) is 5.56 Å². The van der Waals surface area contributed by atoms with E-state index in [9.17, 15) is 0 Å². The van der Waals surface area contributed by atoms with Crippen LogP contribution >= 0.6 is 0 Å². The molecule has 0 radical (unpaired) electrons. The van der Waals surface area contributed by atoms with Crippen molar-refractivity contribution in [1.82, 2.24) is 10.5 Å². The molecule has 0 saturated carbocycles. The first-order chi connectivity index (χ1) is 7.33. The number of nitrogens with zero attached hydrogens (tertiary/aromatic N) is 1. The molecule has 1 aromatic heterocycles. The van der Waals surface area contributed by atoms with Gasteiger partial charge < -0.3 is 15.6 Å². The van der Waals surface area contributed by atoms with Gasteiger partial charge in [-0.1, -0.05) is 5.16 Å². The van der Waals surface area contributed by atoms with Gasteiger partial charge in [-0.25, -0.2) is 0 Å². The first-order valence-electron chi connectivity index (χ1n) is 5.68. The molecule has 0 atom stereocenters. The summed E-state index contributed by atoms with van der Waals surface area (Å²) >= 11 is 0. The van der Waals surface area contributed by atoms with Crippen molar-refractivity contribution in [2.24, 2.45) is 5.73 Å². The van der Waals surface area contributed by atoms with E-state index < -0.39 is 0 Å². The van der Waals surface area contributed by atoms with E-state index >= 15 is 0 Å². The normalized spacial score (nSPS) is 18.3. The predicted octanol–water partition coefficient (Wildman–Crippen LogP) is 0.951. The summed E-state index contributed by atoms with van der Waals surface area (Å²) < 4.78 is 5.45. The average Bonchev–Trinajstić information content (AvgIpc) is 2.63. The smallest absolute Gasteiger partial charge is 0.143 e. The van der Waals surface area contributed by atoms with Crippen LogP contribution in [0, 0.1) is 6.92 Å². The summed E-state index contributed by atoms with van der Waals surface area (Å²) in [4.78, 5) is 0. The van der Waals surface area contributed by atoms with Crippen molar-refractivity contribution >= 4 is 0 Å². The minimum atomic E-state index is 0.536. The number of piperidine rings is 1. The summed E-state index contributed by atoms with van der Waals surface area (Å²) in [6.45, 7) is 4.82. The summed E-state index contributed by atoms with van der Waals surface area (Å²) in [5, 5.41) is 7.42. The van der Waals surface area contributed by atoms with Crippen molar-refractivity contribution in [3.8, 4) is 0 Å². The lowest BCUT2D eigenvalue weighted by Gasteiger charge is -2.21. The highest BCUT2D eigenvalue weighted by atomic mass is 16.5. The zero-order valence-corrected chi connectivity index (χ0v) is 9.25. The zero-order valence-electron chi connectivity index (χ0n) is 9.25. The Morgan fingerprint density at radius 1 is 1.47 bits per heavy atom. The molecule has 0 aliphatic carbocycles. The SMILES string of the molecule is Cc1noc(C2CCNCC2)c1CCN. The van der Waals surface area contributed by atoms with Crippen LogP contribution in [0.25, 0.3) is 0 Å². The van der Waals surface area contributed by atoms with Crippen LogP contribution in [0.3, 0.4) is 0 Å². The molecule has 1 aliphatic heterocycles. The summed E-state index contributed by atoms with van der Waals surface area (Å²) in [5.74, 6) is 1.62. The van der Waals surface area contributed by atoms with Crippen LogP contribution in [-0.4, -0.2) is 24.8 Å². The molecular formula is C11H19N3O. The molecule has 84 valence electrons. The molecule has 1 aromatic rings. The van der Waals surface area contributed by atoms with Gasteiger partial charge in [-0.05, 0) is 45.8 Å². The highest BCUT2D eigenvalue weighted by molar-refractivity contribution is 5.25. The molecule has 15 heavy (non-hydrogen) atoms. The Hall–Kier alpha value is -0.870. The molecule has 0 spiro atoms. The minimum Gasteiger partial charge on any atom is -0.361 e. The minimum absolute atomic E-state index is 0.536. The summed E-state index contributed by atoms with van der Waals surface area (Å²) in [6.07, 6.45) is 3.17. The molecule has 1 aliphatic rings. The molecule has 3 N–H and O–H groups in total. The van der Waals surface area contributed by atoms with Gasteiger partial charge in [0.15, 0.2) is 0 Å². The number of rotatable bonds is 3. The van der Waals surface area contributed by atoms with Crippen LogP contribution in [-0.2, 0) is 6.42 Å². The van der Waals surface area contributed by atoms with Crippen molar-refractivity contribution in [1.29, 1.82) is 0 Å². The van der Waals surface area contributed by atoms with Crippen molar-refractivity contribution in [3.05, 3.63) is 17.0 Å². The van der Waals surface area contributed by atoms with E-state index in [0.717, 1.165) is 43.8 Å². The van der Waals surface area contributed by atoms with Gasteiger partial charge in [0.1, 0.15) is 5.76 Å². The number of nitrogens with two attached hydrogens (primary N) is 1. The standard InChI is InChI=1S/C11H19N3O/c1-8-10(2-5-12)11(15-14-8)9-3-6-13-7-4-9/h9,13H,2-7,12H2,1H3. The third-order valence-corrected chi connectivity index (χ3v) is 3.12. The number of aryl methyl sites for hydroxylation is 1. The maximum atomic E-state index is 5.61.